The lowest BCUT2D eigenvalue weighted by atomic mass is 9.90. The number of hydrogen-bond acceptors (Lipinski definition) is 2. The van der Waals surface area contributed by atoms with Crippen molar-refractivity contribution in [3.8, 4) is 0 Å². The zero-order valence-electron chi connectivity index (χ0n) is 13.1. The summed E-state index contributed by atoms with van der Waals surface area (Å²) in [5.41, 5.74) is 2.92. The van der Waals surface area contributed by atoms with Gasteiger partial charge in [-0.2, -0.15) is 0 Å². The highest BCUT2D eigenvalue weighted by Crippen LogP contribution is 2.33. The van der Waals surface area contributed by atoms with E-state index in [1.54, 1.807) is 11.8 Å². The Bertz CT molecular complexity index is 628. The number of nitrogens with zero attached hydrogens (tertiary/aromatic N) is 1. The van der Waals surface area contributed by atoms with Crippen molar-refractivity contribution in [3.63, 3.8) is 0 Å². The Morgan fingerprint density at radius 2 is 2.18 bits per heavy atom. The molecule has 3 rings (SSSR count). The third-order valence-electron chi connectivity index (χ3n) is 4.95. The largest absolute Gasteiger partial charge is 0.481 e. The standard InChI is InChI=1S/C17H22N2O3/c1-11-3-5-13-12(9-11)4-6-14(13)18-16(22)19-8-7-17(2,10-19)15(20)21/h3,5,9,14H,4,6-8,10H2,1-2H3,(H,18,22)(H,20,21). The second kappa shape index (κ2) is 5.30. The van der Waals surface area contributed by atoms with E-state index in [1.165, 1.54) is 16.7 Å². The Kier molecular flexibility index (Phi) is 3.59. The van der Waals surface area contributed by atoms with Gasteiger partial charge in [0.05, 0.1) is 11.5 Å². The van der Waals surface area contributed by atoms with E-state index in [2.05, 4.69) is 30.4 Å². The van der Waals surface area contributed by atoms with Gasteiger partial charge in [0.2, 0.25) is 0 Å². The molecule has 2 N–H and O–H groups in total. The van der Waals surface area contributed by atoms with E-state index >= 15 is 0 Å². The summed E-state index contributed by atoms with van der Waals surface area (Å²) in [5.74, 6) is -0.829. The number of aryl methyl sites for hydroxylation is 2. The van der Waals surface area contributed by atoms with Crippen LogP contribution in [0.15, 0.2) is 18.2 Å². The molecule has 2 aliphatic rings. The van der Waals surface area contributed by atoms with Gasteiger partial charge in [0, 0.05) is 13.1 Å². The molecule has 0 bridgehead atoms. The van der Waals surface area contributed by atoms with Crippen molar-refractivity contribution >= 4 is 12.0 Å². The quantitative estimate of drug-likeness (QED) is 0.882. The first-order valence-corrected chi connectivity index (χ1v) is 7.77. The molecule has 0 radical (unpaired) electrons. The molecular formula is C17H22N2O3. The molecule has 0 saturated carbocycles. The first-order chi connectivity index (χ1) is 10.4. The number of carbonyl (C=O) groups excluding carboxylic acids is 1. The predicted octanol–water partition coefficient (Wildman–Crippen LogP) is 2.49. The fraction of sp³-hybridized carbons (Fsp3) is 0.529. The third kappa shape index (κ3) is 2.56. The van der Waals surface area contributed by atoms with Crippen molar-refractivity contribution in [2.24, 2.45) is 5.41 Å². The fourth-order valence-electron chi connectivity index (χ4n) is 3.45. The molecule has 2 unspecified atom stereocenters. The maximum absolute atomic E-state index is 12.4. The highest BCUT2D eigenvalue weighted by molar-refractivity contribution is 5.79. The Morgan fingerprint density at radius 3 is 2.86 bits per heavy atom. The van der Waals surface area contributed by atoms with Gasteiger partial charge < -0.3 is 15.3 Å². The molecule has 22 heavy (non-hydrogen) atoms. The van der Waals surface area contributed by atoms with Crippen LogP contribution in [0, 0.1) is 12.3 Å². The molecule has 0 aromatic heterocycles. The number of aliphatic carboxylic acids is 1. The number of benzene rings is 1. The fourth-order valence-corrected chi connectivity index (χ4v) is 3.45. The number of carbonyl (C=O) groups is 2. The van der Waals surface area contributed by atoms with E-state index in [0.29, 0.717) is 13.0 Å². The Balaban J connectivity index is 1.66. The molecule has 1 aromatic rings. The minimum atomic E-state index is -0.829. The van der Waals surface area contributed by atoms with Crippen molar-refractivity contribution in [2.75, 3.05) is 13.1 Å². The van der Waals surface area contributed by atoms with Crippen molar-refractivity contribution in [2.45, 2.75) is 39.2 Å². The van der Waals surface area contributed by atoms with E-state index in [-0.39, 0.29) is 18.6 Å². The maximum Gasteiger partial charge on any atom is 0.317 e. The topological polar surface area (TPSA) is 69.6 Å². The molecule has 0 spiro atoms. The molecular weight excluding hydrogens is 280 g/mol. The summed E-state index contributed by atoms with van der Waals surface area (Å²) in [6, 6.07) is 6.23. The zero-order chi connectivity index (χ0) is 15.9. The van der Waals surface area contributed by atoms with Crippen LogP contribution in [-0.2, 0) is 11.2 Å². The van der Waals surface area contributed by atoms with Crippen LogP contribution in [0.25, 0.3) is 0 Å². The summed E-state index contributed by atoms with van der Waals surface area (Å²) < 4.78 is 0. The molecule has 1 heterocycles. The normalized spacial score (nSPS) is 26.8. The molecule has 5 heteroatoms. The van der Waals surface area contributed by atoms with Gasteiger partial charge in [-0.15, -0.1) is 0 Å². The number of carboxylic acid groups (broad SMARTS) is 1. The number of rotatable bonds is 2. The Morgan fingerprint density at radius 1 is 1.41 bits per heavy atom. The van der Waals surface area contributed by atoms with Gasteiger partial charge in [0.1, 0.15) is 0 Å². The van der Waals surface area contributed by atoms with Crippen LogP contribution in [0.4, 0.5) is 4.79 Å². The first kappa shape index (κ1) is 14.9. The van der Waals surface area contributed by atoms with E-state index in [0.717, 1.165) is 12.8 Å². The lowest BCUT2D eigenvalue weighted by molar-refractivity contribution is -0.147. The number of urea groups is 1. The Hall–Kier alpha value is -2.04. The van der Waals surface area contributed by atoms with Crippen molar-refractivity contribution < 1.29 is 14.7 Å². The zero-order valence-corrected chi connectivity index (χ0v) is 13.1. The molecule has 2 amide bonds. The van der Waals surface area contributed by atoms with Crippen molar-refractivity contribution in [1.29, 1.82) is 0 Å². The van der Waals surface area contributed by atoms with E-state index < -0.39 is 11.4 Å². The van der Waals surface area contributed by atoms with Crippen LogP contribution in [-0.4, -0.2) is 35.1 Å². The number of amides is 2. The number of fused-ring (bicyclic) bond motifs is 1. The molecule has 2 atom stereocenters. The van der Waals surface area contributed by atoms with Gasteiger partial charge in [-0.25, -0.2) is 4.79 Å². The Labute approximate surface area is 130 Å². The molecule has 1 aliphatic heterocycles. The van der Waals surface area contributed by atoms with Crippen LogP contribution in [0.2, 0.25) is 0 Å². The molecule has 118 valence electrons. The lowest BCUT2D eigenvalue weighted by Crippen LogP contribution is -2.42. The number of carboxylic acids is 1. The SMILES string of the molecule is Cc1ccc2c(c1)CCC2NC(=O)N1CCC(C)(C(=O)O)C1. The van der Waals surface area contributed by atoms with Gasteiger partial charge in [-0.1, -0.05) is 23.8 Å². The smallest absolute Gasteiger partial charge is 0.317 e. The van der Waals surface area contributed by atoms with Crippen molar-refractivity contribution in [3.05, 3.63) is 34.9 Å². The van der Waals surface area contributed by atoms with Gasteiger partial charge >= 0.3 is 12.0 Å². The highest BCUT2D eigenvalue weighted by Gasteiger charge is 2.42. The van der Waals surface area contributed by atoms with Crippen molar-refractivity contribution in [1.82, 2.24) is 10.2 Å². The summed E-state index contributed by atoms with van der Waals surface area (Å²) in [7, 11) is 0. The summed E-state index contributed by atoms with van der Waals surface area (Å²) >= 11 is 0. The predicted molar refractivity (Wildman–Crippen MR) is 82.7 cm³/mol. The van der Waals surface area contributed by atoms with E-state index in [1.807, 2.05) is 0 Å². The minimum Gasteiger partial charge on any atom is -0.481 e. The van der Waals surface area contributed by atoms with E-state index in [4.69, 9.17) is 0 Å². The second-order valence-electron chi connectivity index (χ2n) is 6.78. The molecule has 1 aliphatic carbocycles. The van der Waals surface area contributed by atoms with Gasteiger partial charge in [0.25, 0.3) is 0 Å². The minimum absolute atomic E-state index is 0.0415. The second-order valence-corrected chi connectivity index (χ2v) is 6.78. The van der Waals surface area contributed by atoms with Crippen LogP contribution < -0.4 is 5.32 Å². The van der Waals surface area contributed by atoms with Crippen LogP contribution in [0.3, 0.4) is 0 Å². The van der Waals surface area contributed by atoms with Gasteiger partial charge in [0.15, 0.2) is 0 Å². The molecule has 1 fully saturated rings. The van der Waals surface area contributed by atoms with Gasteiger partial charge in [-0.05, 0) is 44.2 Å². The average Bonchev–Trinajstić information content (AvgIpc) is 3.04. The molecule has 1 saturated heterocycles. The summed E-state index contributed by atoms with van der Waals surface area (Å²) in [4.78, 5) is 25.3. The number of likely N-dealkylation sites (tertiary alicyclic amines) is 1. The third-order valence-corrected chi connectivity index (χ3v) is 4.95. The van der Waals surface area contributed by atoms with Crippen LogP contribution in [0.5, 0.6) is 0 Å². The number of nitrogens with one attached hydrogen (secondary N) is 1. The van der Waals surface area contributed by atoms with E-state index in [9.17, 15) is 14.7 Å². The molecule has 5 nitrogen and oxygen atoms in total. The van der Waals surface area contributed by atoms with Gasteiger partial charge in [-0.3, -0.25) is 4.79 Å². The summed E-state index contributed by atoms with van der Waals surface area (Å²) in [6.07, 6.45) is 2.40. The average molecular weight is 302 g/mol. The lowest BCUT2D eigenvalue weighted by Gasteiger charge is -2.23. The van der Waals surface area contributed by atoms with Crippen LogP contribution in [0.1, 0.15) is 42.5 Å². The molecule has 1 aromatic carbocycles. The maximum atomic E-state index is 12.4. The highest BCUT2D eigenvalue weighted by atomic mass is 16.4. The summed E-state index contributed by atoms with van der Waals surface area (Å²) in [5, 5.41) is 12.3. The first-order valence-electron chi connectivity index (χ1n) is 7.77. The monoisotopic (exact) mass is 302 g/mol. The van der Waals surface area contributed by atoms with Crippen LogP contribution >= 0.6 is 0 Å². The summed E-state index contributed by atoms with van der Waals surface area (Å²) in [6.45, 7) is 4.56. The number of hydrogen-bond donors (Lipinski definition) is 2.